The molecule has 2 atom stereocenters. The van der Waals surface area contributed by atoms with Gasteiger partial charge in [-0.15, -0.1) is 0 Å². The van der Waals surface area contributed by atoms with Crippen LogP contribution in [0.3, 0.4) is 0 Å². The van der Waals surface area contributed by atoms with Gasteiger partial charge in [-0.3, -0.25) is 14.6 Å². The second-order valence-corrected chi connectivity index (χ2v) is 5.77. The number of aromatic nitrogens is 1. The molecule has 6 nitrogen and oxygen atoms in total. The van der Waals surface area contributed by atoms with Crippen LogP contribution in [0.1, 0.15) is 30.7 Å². The third-order valence-electron chi connectivity index (χ3n) is 4.08. The summed E-state index contributed by atoms with van der Waals surface area (Å²) in [4.78, 5) is 30.1. The predicted octanol–water partition coefficient (Wildman–Crippen LogP) is 1.90. The molecular formula is C17H19N3O3. The van der Waals surface area contributed by atoms with Crippen LogP contribution in [-0.2, 0) is 16.1 Å². The third kappa shape index (κ3) is 3.59. The predicted molar refractivity (Wildman–Crippen MR) is 83.0 cm³/mol. The number of nitrogens with one attached hydrogen (secondary N) is 1. The number of hydrogen-bond donors (Lipinski definition) is 1. The highest BCUT2D eigenvalue weighted by Gasteiger charge is 2.35. The monoisotopic (exact) mass is 313 g/mol. The maximum Gasteiger partial charge on any atom is 0.225 e. The van der Waals surface area contributed by atoms with Gasteiger partial charge in [-0.05, 0) is 36.8 Å². The van der Waals surface area contributed by atoms with E-state index < -0.39 is 0 Å². The summed E-state index contributed by atoms with van der Waals surface area (Å²) in [5.74, 6) is 0.300. The number of carbonyl (C=O) groups is 2. The van der Waals surface area contributed by atoms with Gasteiger partial charge in [0.2, 0.25) is 11.8 Å². The topological polar surface area (TPSA) is 75.4 Å². The Bertz CT molecular complexity index is 670. The molecule has 2 amide bonds. The molecule has 1 aliphatic heterocycles. The van der Waals surface area contributed by atoms with E-state index in [-0.39, 0.29) is 30.2 Å². The third-order valence-corrected chi connectivity index (χ3v) is 4.08. The highest BCUT2D eigenvalue weighted by atomic mass is 16.3. The highest BCUT2D eigenvalue weighted by molar-refractivity contribution is 5.89. The van der Waals surface area contributed by atoms with Gasteiger partial charge in [-0.1, -0.05) is 0 Å². The average molecular weight is 313 g/mol. The first-order valence-corrected chi connectivity index (χ1v) is 7.64. The van der Waals surface area contributed by atoms with Gasteiger partial charge in [0.15, 0.2) is 0 Å². The number of nitrogens with zero attached hydrogens (tertiary/aromatic N) is 2. The van der Waals surface area contributed by atoms with Gasteiger partial charge < -0.3 is 14.6 Å². The molecule has 1 aliphatic rings. The fraction of sp³-hybridized carbons (Fsp3) is 0.353. The first-order chi connectivity index (χ1) is 11.1. The summed E-state index contributed by atoms with van der Waals surface area (Å²) in [6.45, 7) is 2.76. The molecule has 2 aromatic rings. The Labute approximate surface area is 134 Å². The Kier molecular flexibility index (Phi) is 4.41. The molecular weight excluding hydrogens is 294 g/mol. The van der Waals surface area contributed by atoms with Crippen molar-refractivity contribution in [3.8, 4) is 0 Å². The van der Waals surface area contributed by atoms with Crippen LogP contribution >= 0.6 is 0 Å². The van der Waals surface area contributed by atoms with E-state index in [1.54, 1.807) is 29.6 Å². The number of carbonyl (C=O) groups excluding carboxylic acids is 2. The zero-order valence-electron chi connectivity index (χ0n) is 12.9. The Hall–Kier alpha value is -2.63. The van der Waals surface area contributed by atoms with Crippen LogP contribution in [0.25, 0.3) is 0 Å². The van der Waals surface area contributed by atoms with Crippen molar-refractivity contribution in [2.24, 2.45) is 5.92 Å². The number of pyridine rings is 1. The highest BCUT2D eigenvalue weighted by Crippen LogP contribution is 2.22. The summed E-state index contributed by atoms with van der Waals surface area (Å²) < 4.78 is 5.26. The molecule has 0 bridgehead atoms. The maximum atomic E-state index is 12.4. The van der Waals surface area contributed by atoms with Crippen LogP contribution in [0.4, 0.5) is 0 Å². The van der Waals surface area contributed by atoms with Crippen molar-refractivity contribution in [3.63, 3.8) is 0 Å². The van der Waals surface area contributed by atoms with Crippen LogP contribution in [0.15, 0.2) is 47.3 Å². The Morgan fingerprint density at radius 3 is 2.91 bits per heavy atom. The van der Waals surface area contributed by atoms with E-state index in [9.17, 15) is 9.59 Å². The fourth-order valence-electron chi connectivity index (χ4n) is 2.76. The van der Waals surface area contributed by atoms with Crippen molar-refractivity contribution < 1.29 is 14.0 Å². The molecule has 0 radical (unpaired) electrons. The van der Waals surface area contributed by atoms with E-state index >= 15 is 0 Å². The van der Waals surface area contributed by atoms with Crippen LogP contribution in [0.2, 0.25) is 0 Å². The molecule has 0 saturated carbocycles. The number of furan rings is 1. The molecule has 2 unspecified atom stereocenters. The minimum absolute atomic E-state index is 0.0156. The largest absolute Gasteiger partial charge is 0.467 e. The van der Waals surface area contributed by atoms with Crippen LogP contribution in [0, 0.1) is 5.92 Å². The van der Waals surface area contributed by atoms with Gasteiger partial charge in [0.1, 0.15) is 5.76 Å². The molecule has 2 aromatic heterocycles. The average Bonchev–Trinajstić information content (AvgIpc) is 3.19. The SMILES string of the molecule is CC(NC(=O)C1CC(=O)N(Cc2ccco2)C1)c1ccncc1. The zero-order chi connectivity index (χ0) is 16.2. The van der Waals surface area contributed by atoms with Crippen LogP contribution in [0.5, 0.6) is 0 Å². The van der Waals surface area contributed by atoms with E-state index in [1.807, 2.05) is 25.1 Å². The molecule has 6 heteroatoms. The smallest absolute Gasteiger partial charge is 0.225 e. The number of amides is 2. The van der Waals surface area contributed by atoms with E-state index in [1.165, 1.54) is 0 Å². The molecule has 120 valence electrons. The molecule has 3 heterocycles. The van der Waals surface area contributed by atoms with Crippen molar-refractivity contribution in [2.45, 2.75) is 25.9 Å². The summed E-state index contributed by atoms with van der Waals surface area (Å²) >= 11 is 0. The van der Waals surface area contributed by atoms with Gasteiger partial charge in [0, 0.05) is 25.4 Å². The summed E-state index contributed by atoms with van der Waals surface area (Å²) in [5, 5.41) is 2.97. The Balaban J connectivity index is 1.57. The van der Waals surface area contributed by atoms with Gasteiger partial charge in [-0.2, -0.15) is 0 Å². The maximum absolute atomic E-state index is 12.4. The summed E-state index contributed by atoms with van der Waals surface area (Å²) in [7, 11) is 0. The van der Waals surface area contributed by atoms with Crippen molar-refractivity contribution in [1.29, 1.82) is 0 Å². The van der Waals surface area contributed by atoms with Crippen molar-refractivity contribution in [1.82, 2.24) is 15.2 Å². The van der Waals surface area contributed by atoms with Gasteiger partial charge >= 0.3 is 0 Å². The second kappa shape index (κ2) is 6.64. The lowest BCUT2D eigenvalue weighted by atomic mass is 10.1. The van der Waals surface area contributed by atoms with Crippen molar-refractivity contribution in [2.75, 3.05) is 6.54 Å². The lowest BCUT2D eigenvalue weighted by Crippen LogP contribution is -2.34. The zero-order valence-corrected chi connectivity index (χ0v) is 12.9. The molecule has 0 aliphatic carbocycles. The van der Waals surface area contributed by atoms with Crippen molar-refractivity contribution in [3.05, 3.63) is 54.2 Å². The van der Waals surface area contributed by atoms with Crippen molar-refractivity contribution >= 4 is 11.8 Å². The number of rotatable bonds is 5. The molecule has 1 N–H and O–H groups in total. The minimum atomic E-state index is -0.318. The number of hydrogen-bond acceptors (Lipinski definition) is 4. The summed E-state index contributed by atoms with van der Waals surface area (Å²) in [6, 6.07) is 7.24. The van der Waals surface area contributed by atoms with E-state index in [0.29, 0.717) is 13.1 Å². The normalized spacial score (nSPS) is 18.9. The molecule has 0 aromatic carbocycles. The van der Waals surface area contributed by atoms with Crippen LogP contribution in [-0.4, -0.2) is 28.2 Å². The summed E-state index contributed by atoms with van der Waals surface area (Å²) in [5.41, 5.74) is 0.991. The Morgan fingerprint density at radius 1 is 1.43 bits per heavy atom. The molecule has 1 fully saturated rings. The second-order valence-electron chi connectivity index (χ2n) is 5.77. The molecule has 23 heavy (non-hydrogen) atoms. The number of likely N-dealkylation sites (tertiary alicyclic amines) is 1. The first-order valence-electron chi connectivity index (χ1n) is 7.64. The quantitative estimate of drug-likeness (QED) is 0.915. The molecule has 1 saturated heterocycles. The van der Waals surface area contributed by atoms with Gasteiger partial charge in [0.25, 0.3) is 0 Å². The van der Waals surface area contributed by atoms with Gasteiger partial charge in [0.05, 0.1) is 24.8 Å². The van der Waals surface area contributed by atoms with E-state index in [4.69, 9.17) is 4.42 Å². The van der Waals surface area contributed by atoms with Crippen LogP contribution < -0.4 is 5.32 Å². The standard InChI is InChI=1S/C17H19N3O3/c1-12(13-4-6-18-7-5-13)19-17(22)14-9-16(21)20(10-14)11-15-3-2-8-23-15/h2-8,12,14H,9-11H2,1H3,(H,19,22). The van der Waals surface area contributed by atoms with E-state index in [2.05, 4.69) is 10.3 Å². The minimum Gasteiger partial charge on any atom is -0.467 e. The lowest BCUT2D eigenvalue weighted by molar-refractivity contribution is -0.129. The first kappa shape index (κ1) is 15.3. The lowest BCUT2D eigenvalue weighted by Gasteiger charge is -2.18. The van der Waals surface area contributed by atoms with Gasteiger partial charge in [-0.25, -0.2) is 0 Å². The summed E-state index contributed by atoms with van der Waals surface area (Å²) in [6.07, 6.45) is 5.22. The molecule has 0 spiro atoms. The Morgan fingerprint density at radius 2 is 2.22 bits per heavy atom. The molecule has 3 rings (SSSR count). The fourth-order valence-corrected chi connectivity index (χ4v) is 2.76. The van der Waals surface area contributed by atoms with E-state index in [0.717, 1.165) is 11.3 Å².